The Hall–Kier alpha value is -3.58. The molecule has 0 saturated heterocycles. The Morgan fingerprint density at radius 2 is 1.91 bits per heavy atom. The van der Waals surface area contributed by atoms with Crippen molar-refractivity contribution in [3.8, 4) is 5.75 Å². The highest BCUT2D eigenvalue weighted by Gasteiger charge is 2.48. The van der Waals surface area contributed by atoms with Crippen LogP contribution < -0.4 is 15.0 Å². The number of benzene rings is 2. The van der Waals surface area contributed by atoms with Gasteiger partial charge >= 0.3 is 0 Å². The first-order valence-corrected chi connectivity index (χ1v) is 11.7. The van der Waals surface area contributed by atoms with Crippen molar-refractivity contribution in [1.29, 1.82) is 0 Å². The zero-order valence-electron chi connectivity index (χ0n) is 18.8. The van der Waals surface area contributed by atoms with E-state index in [1.807, 2.05) is 84.5 Å². The Kier molecular flexibility index (Phi) is 5.21. The second kappa shape index (κ2) is 8.08. The number of ether oxygens (including phenoxy) is 1. The van der Waals surface area contributed by atoms with Crippen LogP contribution in [0.2, 0.25) is 0 Å². The van der Waals surface area contributed by atoms with E-state index in [0.717, 1.165) is 21.3 Å². The fourth-order valence-electron chi connectivity index (χ4n) is 4.51. The zero-order valence-corrected chi connectivity index (χ0v) is 19.6. The maximum absolute atomic E-state index is 13.8. The molecule has 1 aliphatic rings. The number of hydrogen-bond donors (Lipinski definition) is 1. The van der Waals surface area contributed by atoms with Gasteiger partial charge in [-0.1, -0.05) is 35.9 Å². The molecule has 0 saturated carbocycles. The molecule has 0 aliphatic carbocycles. The quantitative estimate of drug-likeness (QED) is 0.468. The van der Waals surface area contributed by atoms with Gasteiger partial charge in [0.25, 0.3) is 5.91 Å². The Morgan fingerprint density at radius 3 is 2.67 bits per heavy atom. The van der Waals surface area contributed by atoms with Gasteiger partial charge in [0.15, 0.2) is 0 Å². The Balaban J connectivity index is 1.55. The first kappa shape index (κ1) is 21.3. The topological polar surface area (TPSA) is 63.6 Å². The highest BCUT2D eigenvalue weighted by Crippen LogP contribution is 2.37. The Bertz CT molecular complexity index is 1350. The highest BCUT2D eigenvalue weighted by atomic mass is 32.1. The van der Waals surface area contributed by atoms with Gasteiger partial charge in [0.2, 0.25) is 5.91 Å². The number of thiophene rings is 1. The summed E-state index contributed by atoms with van der Waals surface area (Å²) in [5.74, 6) is 0.320. The van der Waals surface area contributed by atoms with Crippen LogP contribution in [0.1, 0.15) is 28.5 Å². The lowest BCUT2D eigenvalue weighted by Crippen LogP contribution is -2.64. The molecule has 0 fully saturated rings. The second-order valence-electron chi connectivity index (χ2n) is 8.54. The number of carbonyl (C=O) groups is 2. The van der Waals surface area contributed by atoms with Crippen LogP contribution >= 0.6 is 11.3 Å². The molecule has 0 radical (unpaired) electrons. The van der Waals surface area contributed by atoms with E-state index in [9.17, 15) is 9.59 Å². The molecule has 4 aromatic rings. The van der Waals surface area contributed by atoms with E-state index >= 15 is 0 Å². The van der Waals surface area contributed by atoms with Gasteiger partial charge in [-0.3, -0.25) is 14.5 Å². The van der Waals surface area contributed by atoms with E-state index < -0.39 is 5.54 Å². The van der Waals surface area contributed by atoms with E-state index in [1.165, 1.54) is 0 Å². The number of hydrogen-bond acceptors (Lipinski definition) is 4. The molecule has 2 aromatic heterocycles. The van der Waals surface area contributed by atoms with E-state index in [2.05, 4.69) is 5.32 Å². The largest absolute Gasteiger partial charge is 0.496 e. The summed E-state index contributed by atoms with van der Waals surface area (Å²) in [5.41, 5.74) is 2.17. The molecule has 0 unspecified atom stereocenters. The van der Waals surface area contributed by atoms with Crippen molar-refractivity contribution in [3.63, 3.8) is 0 Å². The second-order valence-corrected chi connectivity index (χ2v) is 9.44. The minimum Gasteiger partial charge on any atom is -0.496 e. The fourth-order valence-corrected chi connectivity index (χ4v) is 5.41. The molecule has 7 heteroatoms. The first-order valence-electron chi connectivity index (χ1n) is 10.8. The number of fused-ring (bicyclic) bond motifs is 3. The number of para-hydroxylation sites is 1. The lowest BCUT2D eigenvalue weighted by atomic mass is 9.93. The average Bonchev–Trinajstić information content (AvgIpc) is 3.41. The van der Waals surface area contributed by atoms with Crippen molar-refractivity contribution in [2.24, 2.45) is 0 Å². The van der Waals surface area contributed by atoms with Gasteiger partial charge in [-0.2, -0.15) is 0 Å². The van der Waals surface area contributed by atoms with Crippen molar-refractivity contribution in [2.45, 2.75) is 32.5 Å². The number of rotatable bonds is 5. The molecule has 1 atom stereocenters. The van der Waals surface area contributed by atoms with E-state index in [-0.39, 0.29) is 11.8 Å². The predicted octanol–water partition coefficient (Wildman–Crippen LogP) is 4.76. The Morgan fingerprint density at radius 1 is 1.15 bits per heavy atom. The van der Waals surface area contributed by atoms with Crippen molar-refractivity contribution < 1.29 is 14.3 Å². The summed E-state index contributed by atoms with van der Waals surface area (Å²) in [6.45, 7) is 4.51. The minimum atomic E-state index is -1.11. The summed E-state index contributed by atoms with van der Waals surface area (Å²) >= 11 is 1.58. The van der Waals surface area contributed by atoms with Gasteiger partial charge in [-0.15, -0.1) is 11.3 Å². The number of aromatic nitrogens is 1. The standard InChI is InChI=1S/C26H25N3O3S/c1-17-8-10-20(11-9-17)29-23(30)21-14-18-12-13-33-24(18)28(21)16-26(29,2)25(31)27-15-19-6-4-5-7-22(19)32-3/h4-14H,15-16H2,1-3H3,(H,27,31)/t26-/m1/s1. The fraction of sp³-hybridized carbons (Fsp3) is 0.231. The summed E-state index contributed by atoms with van der Waals surface area (Å²) in [6, 6.07) is 19.2. The molecule has 3 heterocycles. The minimum absolute atomic E-state index is 0.177. The number of methoxy groups -OCH3 is 1. The van der Waals surface area contributed by atoms with Crippen LogP contribution in [-0.2, 0) is 17.9 Å². The summed E-state index contributed by atoms with van der Waals surface area (Å²) in [6.07, 6.45) is 0. The molecular formula is C26H25N3O3S. The average molecular weight is 460 g/mol. The number of nitrogens with one attached hydrogen (secondary N) is 1. The first-order chi connectivity index (χ1) is 15.9. The van der Waals surface area contributed by atoms with Gasteiger partial charge in [0.05, 0.1) is 13.7 Å². The third-order valence-corrected chi connectivity index (χ3v) is 7.25. The summed E-state index contributed by atoms with van der Waals surface area (Å²) in [7, 11) is 1.61. The molecular weight excluding hydrogens is 434 g/mol. The number of anilines is 1. The number of amides is 2. The molecule has 1 N–H and O–H groups in total. The normalized spacial score (nSPS) is 17.8. The van der Waals surface area contributed by atoms with Gasteiger partial charge in [-0.25, -0.2) is 0 Å². The Labute approximate surface area is 196 Å². The van der Waals surface area contributed by atoms with E-state index in [4.69, 9.17) is 4.74 Å². The molecule has 1 aliphatic heterocycles. The molecule has 6 nitrogen and oxygen atoms in total. The van der Waals surface area contributed by atoms with Crippen molar-refractivity contribution in [2.75, 3.05) is 12.0 Å². The number of aryl methyl sites for hydroxylation is 1. The lowest BCUT2D eigenvalue weighted by Gasteiger charge is -2.44. The van der Waals surface area contributed by atoms with Crippen molar-refractivity contribution in [3.05, 3.63) is 82.9 Å². The van der Waals surface area contributed by atoms with Crippen molar-refractivity contribution >= 4 is 39.1 Å². The zero-order chi connectivity index (χ0) is 23.2. The predicted molar refractivity (Wildman–Crippen MR) is 131 cm³/mol. The molecule has 2 aromatic carbocycles. The summed E-state index contributed by atoms with van der Waals surface area (Å²) in [4.78, 5) is 30.2. The molecule has 5 rings (SSSR count). The van der Waals surface area contributed by atoms with Gasteiger partial charge in [0.1, 0.15) is 21.8 Å². The molecule has 2 amide bonds. The number of carbonyl (C=O) groups excluding carboxylic acids is 2. The van der Waals surface area contributed by atoms with E-state index in [1.54, 1.807) is 23.3 Å². The summed E-state index contributed by atoms with van der Waals surface area (Å²) in [5, 5.41) is 6.08. The molecule has 0 spiro atoms. The van der Waals surface area contributed by atoms with Gasteiger partial charge < -0.3 is 14.6 Å². The van der Waals surface area contributed by atoms with Crippen LogP contribution in [0.4, 0.5) is 5.69 Å². The van der Waals surface area contributed by atoms with Crippen molar-refractivity contribution in [1.82, 2.24) is 9.88 Å². The number of nitrogens with zero attached hydrogens (tertiary/aromatic N) is 2. The van der Waals surface area contributed by atoms with Crippen LogP contribution in [0.5, 0.6) is 5.75 Å². The molecule has 0 bridgehead atoms. The van der Waals surface area contributed by atoms with Crippen LogP contribution in [-0.4, -0.2) is 29.0 Å². The van der Waals surface area contributed by atoms with Crippen LogP contribution in [0, 0.1) is 6.92 Å². The molecule has 33 heavy (non-hydrogen) atoms. The SMILES string of the molecule is COc1ccccc1CNC(=O)[C@@]1(C)Cn2c(cc3ccsc32)C(=O)N1c1ccc(C)cc1. The van der Waals surface area contributed by atoms with Gasteiger partial charge in [0, 0.05) is 23.2 Å². The van der Waals surface area contributed by atoms with E-state index in [0.29, 0.717) is 30.2 Å². The maximum atomic E-state index is 13.8. The van der Waals surface area contributed by atoms with Crippen LogP contribution in [0.15, 0.2) is 66.0 Å². The monoisotopic (exact) mass is 459 g/mol. The lowest BCUT2D eigenvalue weighted by molar-refractivity contribution is -0.126. The summed E-state index contributed by atoms with van der Waals surface area (Å²) < 4.78 is 7.41. The maximum Gasteiger partial charge on any atom is 0.275 e. The van der Waals surface area contributed by atoms with Gasteiger partial charge in [-0.05, 0) is 49.6 Å². The highest BCUT2D eigenvalue weighted by molar-refractivity contribution is 7.16. The third-order valence-electron chi connectivity index (χ3n) is 6.30. The van der Waals surface area contributed by atoms with Crippen LogP contribution in [0.3, 0.4) is 0 Å². The third kappa shape index (κ3) is 3.49. The smallest absolute Gasteiger partial charge is 0.275 e. The van der Waals surface area contributed by atoms with Crippen LogP contribution in [0.25, 0.3) is 10.2 Å². The molecule has 168 valence electrons.